The summed E-state index contributed by atoms with van der Waals surface area (Å²) in [4.78, 5) is 30.5. The van der Waals surface area contributed by atoms with Crippen LogP contribution in [0, 0.1) is 0 Å². The smallest absolute Gasteiger partial charge is 0.252 e. The van der Waals surface area contributed by atoms with Crippen molar-refractivity contribution < 1.29 is 4.79 Å². The van der Waals surface area contributed by atoms with Crippen LogP contribution >= 0.6 is 24.2 Å². The number of rotatable bonds is 6. The number of nitrogens with zero attached hydrogens (tertiary/aromatic N) is 1. The van der Waals surface area contributed by atoms with Crippen LogP contribution in [-0.2, 0) is 12.2 Å². The number of thioether (sulfide) groups is 1. The van der Waals surface area contributed by atoms with Crippen molar-refractivity contribution in [3.05, 3.63) is 87.2 Å². The summed E-state index contributed by atoms with van der Waals surface area (Å²) in [5.74, 6) is 1.71. The molecule has 1 aromatic heterocycles. The van der Waals surface area contributed by atoms with Crippen molar-refractivity contribution in [1.29, 1.82) is 0 Å². The van der Waals surface area contributed by atoms with E-state index < -0.39 is 0 Å². The molecule has 0 unspecified atom stereocenters. The van der Waals surface area contributed by atoms with Crippen molar-refractivity contribution >= 4 is 46.6 Å². The molecular weight excluding hydrogens is 466 g/mol. The second kappa shape index (κ2) is 11.3. The van der Waals surface area contributed by atoms with Gasteiger partial charge >= 0.3 is 0 Å². The van der Waals surface area contributed by atoms with Crippen LogP contribution in [0.3, 0.4) is 0 Å². The third kappa shape index (κ3) is 5.40. The lowest BCUT2D eigenvalue weighted by molar-refractivity contribution is 0.0952. The van der Waals surface area contributed by atoms with Gasteiger partial charge in [0.2, 0.25) is 0 Å². The summed E-state index contributed by atoms with van der Waals surface area (Å²) in [6.45, 7) is 3.65. The molecule has 2 aliphatic heterocycles. The third-order valence-electron chi connectivity index (χ3n) is 6.61. The van der Waals surface area contributed by atoms with Crippen molar-refractivity contribution in [2.75, 3.05) is 31.9 Å². The van der Waals surface area contributed by atoms with E-state index in [1.165, 1.54) is 11.1 Å². The van der Waals surface area contributed by atoms with E-state index in [0.717, 1.165) is 72.4 Å². The molecule has 2 N–H and O–H groups in total. The van der Waals surface area contributed by atoms with Crippen molar-refractivity contribution in [2.24, 2.45) is 0 Å². The van der Waals surface area contributed by atoms with Crippen LogP contribution in [0.5, 0.6) is 0 Å². The molecule has 34 heavy (non-hydrogen) atoms. The molecule has 5 rings (SSSR count). The van der Waals surface area contributed by atoms with Crippen LogP contribution < -0.4 is 10.9 Å². The number of benzene rings is 2. The minimum atomic E-state index is -0.0491. The maximum absolute atomic E-state index is 12.8. The van der Waals surface area contributed by atoms with E-state index in [1.54, 1.807) is 17.8 Å². The van der Waals surface area contributed by atoms with Crippen molar-refractivity contribution in [1.82, 2.24) is 15.2 Å². The Kier molecular flexibility index (Phi) is 8.14. The van der Waals surface area contributed by atoms with Crippen LogP contribution in [-0.4, -0.2) is 47.7 Å². The molecular formula is C27H30ClN3O2S. The molecule has 0 aliphatic carbocycles. The first-order valence-corrected chi connectivity index (χ1v) is 12.8. The maximum atomic E-state index is 12.8. The number of hydrogen-bond donors (Lipinski definition) is 2. The number of carbonyl (C=O) groups excluding carboxylic acids is 1. The van der Waals surface area contributed by atoms with Gasteiger partial charge in [0.15, 0.2) is 0 Å². The second-order valence-corrected chi connectivity index (χ2v) is 9.83. The summed E-state index contributed by atoms with van der Waals surface area (Å²) in [6.07, 6.45) is 5.20. The van der Waals surface area contributed by atoms with E-state index in [4.69, 9.17) is 0 Å². The summed E-state index contributed by atoms with van der Waals surface area (Å²) in [5.41, 5.74) is 6.20. The summed E-state index contributed by atoms with van der Waals surface area (Å²) in [5, 5.41) is 4.08. The van der Waals surface area contributed by atoms with Crippen LogP contribution in [0.25, 0.3) is 16.5 Å². The predicted octanol–water partition coefficient (Wildman–Crippen LogP) is 4.65. The molecule has 0 spiro atoms. The van der Waals surface area contributed by atoms with Gasteiger partial charge in [-0.1, -0.05) is 36.4 Å². The normalized spacial score (nSPS) is 15.8. The van der Waals surface area contributed by atoms with Crippen molar-refractivity contribution in [3.63, 3.8) is 0 Å². The van der Waals surface area contributed by atoms with Gasteiger partial charge in [-0.3, -0.25) is 14.5 Å². The van der Waals surface area contributed by atoms with Gasteiger partial charge in [0.1, 0.15) is 0 Å². The Morgan fingerprint density at radius 3 is 2.74 bits per heavy atom. The molecule has 0 atom stereocenters. The average Bonchev–Trinajstić information content (AvgIpc) is 2.87. The molecule has 2 aliphatic rings. The minimum absolute atomic E-state index is 0. The standard InChI is InChI=1S/C27H29N3O2S.ClH/c31-26(21-7-8-25-23(17-21)22-11-16-33-18-24(22)27(32)29-25)28-12-4-13-30-14-9-20(10-15-30)19-5-2-1-3-6-19;/h1-3,5-9,17H,4,10-16,18H2,(H,28,31)(H,29,32);1H. The number of halogens is 1. The molecule has 178 valence electrons. The molecule has 5 nitrogen and oxygen atoms in total. The van der Waals surface area contributed by atoms with Gasteiger partial charge in [-0.05, 0) is 59.9 Å². The molecule has 3 aromatic rings. The Hall–Kier alpha value is -2.54. The van der Waals surface area contributed by atoms with Gasteiger partial charge in [0.25, 0.3) is 11.5 Å². The highest BCUT2D eigenvalue weighted by Gasteiger charge is 2.18. The fourth-order valence-electron chi connectivity index (χ4n) is 4.76. The fraction of sp³-hybridized carbons (Fsp3) is 0.333. The van der Waals surface area contributed by atoms with Gasteiger partial charge in [0.05, 0.1) is 0 Å². The quantitative estimate of drug-likeness (QED) is 0.488. The lowest BCUT2D eigenvalue weighted by Crippen LogP contribution is -2.32. The van der Waals surface area contributed by atoms with Gasteiger partial charge < -0.3 is 10.3 Å². The number of nitrogens with one attached hydrogen (secondary N) is 2. The number of pyridine rings is 1. The highest BCUT2D eigenvalue weighted by Crippen LogP contribution is 2.28. The Bertz CT molecular complexity index is 1260. The van der Waals surface area contributed by atoms with Crippen LogP contribution in [0.15, 0.2) is 59.4 Å². The fourth-order valence-corrected chi connectivity index (χ4v) is 5.77. The molecule has 0 saturated carbocycles. The van der Waals surface area contributed by atoms with Crippen molar-refractivity contribution in [2.45, 2.75) is 25.0 Å². The third-order valence-corrected chi connectivity index (χ3v) is 7.60. The summed E-state index contributed by atoms with van der Waals surface area (Å²) in [6, 6.07) is 16.2. The van der Waals surface area contributed by atoms with E-state index in [2.05, 4.69) is 51.6 Å². The zero-order valence-electron chi connectivity index (χ0n) is 19.1. The second-order valence-electron chi connectivity index (χ2n) is 8.73. The zero-order valence-corrected chi connectivity index (χ0v) is 20.8. The number of H-pyrrole nitrogens is 1. The topological polar surface area (TPSA) is 65.2 Å². The van der Waals surface area contributed by atoms with Crippen LogP contribution in [0.1, 0.15) is 39.9 Å². The largest absolute Gasteiger partial charge is 0.352 e. The van der Waals surface area contributed by atoms with E-state index in [0.29, 0.717) is 12.1 Å². The monoisotopic (exact) mass is 495 g/mol. The molecule has 0 fully saturated rings. The number of carbonyl (C=O) groups is 1. The number of amides is 1. The number of aryl methyl sites for hydroxylation is 1. The highest BCUT2D eigenvalue weighted by atomic mass is 35.5. The van der Waals surface area contributed by atoms with Crippen molar-refractivity contribution in [3.8, 4) is 0 Å². The molecule has 1 amide bonds. The number of fused-ring (bicyclic) bond motifs is 3. The molecule has 0 radical (unpaired) electrons. The van der Waals surface area contributed by atoms with E-state index in [-0.39, 0.29) is 23.9 Å². The first kappa shape index (κ1) is 24.6. The summed E-state index contributed by atoms with van der Waals surface area (Å²) >= 11 is 1.79. The van der Waals surface area contributed by atoms with Gasteiger partial charge in [0, 0.05) is 54.0 Å². The van der Waals surface area contributed by atoms with Gasteiger partial charge in [-0.25, -0.2) is 0 Å². The Labute approximate surface area is 210 Å². The van der Waals surface area contributed by atoms with Gasteiger partial charge in [-0.15, -0.1) is 12.4 Å². The first-order chi connectivity index (χ1) is 16.2. The van der Waals surface area contributed by atoms with E-state index in [9.17, 15) is 9.59 Å². The first-order valence-electron chi connectivity index (χ1n) is 11.7. The summed E-state index contributed by atoms with van der Waals surface area (Å²) < 4.78 is 0. The Morgan fingerprint density at radius 1 is 1.09 bits per heavy atom. The van der Waals surface area contributed by atoms with E-state index in [1.807, 2.05) is 12.1 Å². The molecule has 7 heteroatoms. The summed E-state index contributed by atoms with van der Waals surface area (Å²) in [7, 11) is 0. The van der Waals surface area contributed by atoms with Crippen LogP contribution in [0.2, 0.25) is 0 Å². The maximum Gasteiger partial charge on any atom is 0.252 e. The molecule has 2 aromatic carbocycles. The Balaban J connectivity index is 0.00000274. The Morgan fingerprint density at radius 2 is 1.94 bits per heavy atom. The zero-order chi connectivity index (χ0) is 22.6. The predicted molar refractivity (Wildman–Crippen MR) is 144 cm³/mol. The lowest BCUT2D eigenvalue weighted by Gasteiger charge is -2.26. The number of hydrogen-bond acceptors (Lipinski definition) is 4. The SMILES string of the molecule is Cl.O=C(NCCCN1CC=C(c2ccccc2)CC1)c1ccc2[nH]c(=O)c3c(c2c1)CCSC3. The molecule has 3 heterocycles. The van der Waals surface area contributed by atoms with Gasteiger partial charge in [-0.2, -0.15) is 11.8 Å². The number of aromatic amines is 1. The van der Waals surface area contributed by atoms with Crippen LogP contribution in [0.4, 0.5) is 0 Å². The number of aromatic nitrogens is 1. The molecule has 0 bridgehead atoms. The average molecular weight is 496 g/mol. The minimum Gasteiger partial charge on any atom is -0.352 e. The lowest BCUT2D eigenvalue weighted by atomic mass is 9.99. The highest BCUT2D eigenvalue weighted by molar-refractivity contribution is 7.98. The molecule has 0 saturated heterocycles. The van der Waals surface area contributed by atoms with E-state index >= 15 is 0 Å².